The lowest BCUT2D eigenvalue weighted by atomic mass is 10.1. The van der Waals surface area contributed by atoms with E-state index in [9.17, 15) is 19.2 Å². The number of amides is 2. The first-order valence-corrected chi connectivity index (χ1v) is 10.3. The van der Waals surface area contributed by atoms with Crippen LogP contribution in [0.5, 0.6) is 0 Å². The number of carbonyl (C=O) groups is 4. The smallest absolute Gasteiger partial charge is 0.407 e. The van der Waals surface area contributed by atoms with Gasteiger partial charge in [0, 0.05) is 25.9 Å². The number of hydrogen-bond acceptors (Lipinski definition) is 8. The lowest BCUT2D eigenvalue weighted by Crippen LogP contribution is -2.28. The van der Waals surface area contributed by atoms with Crippen molar-refractivity contribution in [2.45, 2.75) is 64.8 Å². The Balaban J connectivity index is 2.37. The van der Waals surface area contributed by atoms with Crippen LogP contribution in [0.25, 0.3) is 0 Å². The highest BCUT2D eigenvalue weighted by atomic mass is 16.6. The van der Waals surface area contributed by atoms with Crippen molar-refractivity contribution in [3.63, 3.8) is 0 Å². The zero-order valence-corrected chi connectivity index (χ0v) is 19.0. The Kier molecular flexibility index (Phi) is 12.2. The number of esters is 2. The molecule has 0 aromatic heterocycles. The van der Waals surface area contributed by atoms with Crippen LogP contribution >= 0.6 is 0 Å². The number of rotatable bonds is 12. The van der Waals surface area contributed by atoms with Crippen molar-refractivity contribution in [2.75, 3.05) is 14.2 Å². The standard InChI is InChI=1S/C22H32N2O8/c1-15(8-10-19(25)29-3)31-21(27)23-13-17-6-5-7-18(12-17)14-24-22(28)32-16(2)9-11-20(26)30-4/h5-7,12,15-16H,8-11,13-14H2,1-4H3,(H,23,27)(H,24,28). The minimum absolute atomic E-state index is 0.173. The van der Waals surface area contributed by atoms with Crippen molar-refractivity contribution < 1.29 is 38.1 Å². The average Bonchev–Trinajstić information content (AvgIpc) is 2.78. The quantitative estimate of drug-likeness (QED) is 0.366. The molecule has 1 rings (SSSR count). The number of nitrogens with one attached hydrogen (secondary N) is 2. The summed E-state index contributed by atoms with van der Waals surface area (Å²) in [7, 11) is 2.61. The Morgan fingerprint density at radius 1 is 0.781 bits per heavy atom. The molecule has 2 atom stereocenters. The van der Waals surface area contributed by atoms with Crippen molar-refractivity contribution in [1.29, 1.82) is 0 Å². The van der Waals surface area contributed by atoms with Crippen molar-refractivity contribution in [3.05, 3.63) is 35.4 Å². The average molecular weight is 453 g/mol. The van der Waals surface area contributed by atoms with Gasteiger partial charge in [-0.1, -0.05) is 24.3 Å². The summed E-state index contributed by atoms with van der Waals surface area (Å²) >= 11 is 0. The summed E-state index contributed by atoms with van der Waals surface area (Å²) in [6.07, 6.45) is -0.932. The molecule has 2 unspecified atom stereocenters. The Hall–Kier alpha value is -3.30. The molecule has 0 spiro atoms. The third-order valence-electron chi connectivity index (χ3n) is 4.45. The van der Waals surface area contributed by atoms with Gasteiger partial charge in [0.05, 0.1) is 14.2 Å². The van der Waals surface area contributed by atoms with Crippen LogP contribution in [-0.2, 0) is 41.6 Å². The minimum atomic E-state index is -0.588. The van der Waals surface area contributed by atoms with Crippen LogP contribution < -0.4 is 10.6 Å². The molecule has 0 aliphatic heterocycles. The molecule has 0 bridgehead atoms. The Morgan fingerprint density at radius 3 is 1.56 bits per heavy atom. The number of benzene rings is 1. The highest BCUT2D eigenvalue weighted by Gasteiger charge is 2.13. The number of hydrogen-bond donors (Lipinski definition) is 2. The fourth-order valence-corrected chi connectivity index (χ4v) is 2.61. The molecule has 2 N–H and O–H groups in total. The van der Waals surface area contributed by atoms with Gasteiger partial charge in [-0.25, -0.2) is 9.59 Å². The third kappa shape index (κ3) is 11.8. The van der Waals surface area contributed by atoms with Crippen LogP contribution in [0, 0.1) is 0 Å². The first kappa shape index (κ1) is 26.7. The molecular formula is C22H32N2O8. The monoisotopic (exact) mass is 452 g/mol. The van der Waals surface area contributed by atoms with Crippen molar-refractivity contribution in [3.8, 4) is 0 Å². The molecule has 10 heteroatoms. The maximum Gasteiger partial charge on any atom is 0.407 e. The van der Waals surface area contributed by atoms with E-state index in [0.29, 0.717) is 12.8 Å². The van der Waals surface area contributed by atoms with Crippen molar-refractivity contribution in [1.82, 2.24) is 10.6 Å². The summed E-state index contributed by atoms with van der Waals surface area (Å²) in [5.74, 6) is -0.711. The van der Waals surface area contributed by atoms with Crippen molar-refractivity contribution in [2.24, 2.45) is 0 Å². The summed E-state index contributed by atoms with van der Waals surface area (Å²) in [4.78, 5) is 46.1. The first-order valence-electron chi connectivity index (χ1n) is 10.3. The van der Waals surface area contributed by atoms with Crippen LogP contribution in [0.3, 0.4) is 0 Å². The minimum Gasteiger partial charge on any atom is -0.469 e. The molecule has 2 amide bonds. The molecule has 0 fully saturated rings. The largest absolute Gasteiger partial charge is 0.469 e. The van der Waals surface area contributed by atoms with Gasteiger partial charge in [0.1, 0.15) is 12.2 Å². The van der Waals surface area contributed by atoms with Gasteiger partial charge in [0.25, 0.3) is 0 Å². The number of methoxy groups -OCH3 is 2. The molecule has 0 aliphatic rings. The normalized spacial score (nSPS) is 12.1. The predicted molar refractivity (Wildman–Crippen MR) is 115 cm³/mol. The molecule has 0 aliphatic carbocycles. The van der Waals surface area contributed by atoms with E-state index in [-0.39, 0.29) is 37.9 Å². The van der Waals surface area contributed by atoms with E-state index >= 15 is 0 Å². The van der Waals surface area contributed by atoms with E-state index in [1.54, 1.807) is 13.8 Å². The lowest BCUT2D eigenvalue weighted by molar-refractivity contribution is -0.142. The van der Waals surface area contributed by atoms with Gasteiger partial charge in [-0.3, -0.25) is 9.59 Å². The zero-order chi connectivity index (χ0) is 23.9. The molecular weight excluding hydrogens is 420 g/mol. The summed E-state index contributed by atoms with van der Waals surface area (Å²) in [6.45, 7) is 3.88. The molecule has 1 aromatic carbocycles. The maximum atomic E-state index is 11.9. The first-order chi connectivity index (χ1) is 15.2. The number of alkyl carbamates (subject to hydrolysis) is 2. The topological polar surface area (TPSA) is 129 Å². The predicted octanol–water partition coefficient (Wildman–Crippen LogP) is 2.82. The lowest BCUT2D eigenvalue weighted by Gasteiger charge is -2.14. The Morgan fingerprint density at radius 2 is 1.19 bits per heavy atom. The molecule has 0 saturated carbocycles. The molecule has 10 nitrogen and oxygen atoms in total. The van der Waals surface area contributed by atoms with E-state index in [1.807, 2.05) is 24.3 Å². The van der Waals surface area contributed by atoms with Gasteiger partial charge in [0.2, 0.25) is 0 Å². The fourth-order valence-electron chi connectivity index (χ4n) is 2.61. The summed E-state index contributed by atoms with van der Waals surface area (Å²) < 4.78 is 19.5. The highest BCUT2D eigenvalue weighted by molar-refractivity contribution is 5.70. The second-order valence-electron chi connectivity index (χ2n) is 7.19. The summed E-state index contributed by atoms with van der Waals surface area (Å²) in [5.41, 5.74) is 1.64. The summed E-state index contributed by atoms with van der Waals surface area (Å²) in [5, 5.41) is 5.30. The SMILES string of the molecule is COC(=O)CCC(C)OC(=O)NCc1cccc(CNC(=O)OC(C)CCC(=O)OC)c1. The third-order valence-corrected chi connectivity index (χ3v) is 4.45. The molecule has 32 heavy (non-hydrogen) atoms. The van der Waals surface area contributed by atoms with Crippen LogP contribution in [0.1, 0.15) is 50.7 Å². The van der Waals surface area contributed by atoms with Crippen LogP contribution in [-0.4, -0.2) is 50.6 Å². The van der Waals surface area contributed by atoms with E-state index in [4.69, 9.17) is 9.47 Å². The molecule has 0 saturated heterocycles. The van der Waals surface area contributed by atoms with Crippen LogP contribution in [0.15, 0.2) is 24.3 Å². The number of carbonyl (C=O) groups excluding carboxylic acids is 4. The van der Waals surface area contributed by atoms with Gasteiger partial charge in [-0.2, -0.15) is 0 Å². The molecule has 0 heterocycles. The zero-order valence-electron chi connectivity index (χ0n) is 19.0. The second-order valence-corrected chi connectivity index (χ2v) is 7.19. The van der Waals surface area contributed by atoms with E-state index in [2.05, 4.69) is 20.1 Å². The molecule has 1 aromatic rings. The van der Waals surface area contributed by atoms with Gasteiger partial charge in [-0.05, 0) is 37.8 Å². The van der Waals surface area contributed by atoms with Gasteiger partial charge >= 0.3 is 24.1 Å². The van der Waals surface area contributed by atoms with Gasteiger partial charge in [-0.15, -0.1) is 0 Å². The van der Waals surface area contributed by atoms with Crippen molar-refractivity contribution >= 4 is 24.1 Å². The second kappa shape index (κ2) is 14.7. The Labute approximate surface area is 187 Å². The Bertz CT molecular complexity index is 709. The maximum absolute atomic E-state index is 11.9. The van der Waals surface area contributed by atoms with E-state index in [0.717, 1.165) is 11.1 Å². The van der Waals surface area contributed by atoms with Crippen LogP contribution in [0.4, 0.5) is 9.59 Å². The van der Waals surface area contributed by atoms with E-state index < -0.39 is 24.4 Å². The van der Waals surface area contributed by atoms with E-state index in [1.165, 1.54) is 14.2 Å². The van der Waals surface area contributed by atoms with Gasteiger partial charge < -0.3 is 29.6 Å². The fraction of sp³-hybridized carbons (Fsp3) is 0.545. The van der Waals surface area contributed by atoms with Crippen LogP contribution in [0.2, 0.25) is 0 Å². The summed E-state index contributed by atoms with van der Waals surface area (Å²) in [6, 6.07) is 7.31. The molecule has 178 valence electrons. The highest BCUT2D eigenvalue weighted by Crippen LogP contribution is 2.08. The molecule has 0 radical (unpaired) electrons. The van der Waals surface area contributed by atoms with Gasteiger partial charge in [0.15, 0.2) is 0 Å². The number of ether oxygens (including phenoxy) is 4.